The van der Waals surface area contributed by atoms with Gasteiger partial charge in [0.2, 0.25) is 15.9 Å². The number of carbonyl (C=O) groups excluding carboxylic acids is 1. The van der Waals surface area contributed by atoms with Gasteiger partial charge in [0.1, 0.15) is 0 Å². The van der Waals surface area contributed by atoms with Crippen molar-refractivity contribution in [1.29, 1.82) is 0 Å². The van der Waals surface area contributed by atoms with Crippen LogP contribution in [0.3, 0.4) is 0 Å². The van der Waals surface area contributed by atoms with E-state index in [4.69, 9.17) is 28.3 Å². The van der Waals surface area contributed by atoms with Crippen LogP contribution in [-0.2, 0) is 21.4 Å². The zero-order chi connectivity index (χ0) is 19.5. The molecular weight excluding hydrogens is 397 g/mol. The molecular formula is C17H19Cl2N3O3S. The van der Waals surface area contributed by atoms with Gasteiger partial charge in [-0.05, 0) is 55.4 Å². The first-order valence-corrected chi connectivity index (χ1v) is 9.91. The van der Waals surface area contributed by atoms with Gasteiger partial charge < -0.3 is 5.32 Å². The number of amides is 1. The Morgan fingerprint density at radius 1 is 1.15 bits per heavy atom. The number of benzene rings is 2. The molecule has 140 valence electrons. The molecule has 3 N–H and O–H groups in total. The zero-order valence-corrected chi connectivity index (χ0v) is 16.6. The summed E-state index contributed by atoms with van der Waals surface area (Å²) in [4.78, 5) is 14.0. The lowest BCUT2D eigenvalue weighted by Crippen LogP contribution is -2.30. The second kappa shape index (κ2) is 8.37. The van der Waals surface area contributed by atoms with Crippen LogP contribution in [-0.4, -0.2) is 32.8 Å². The molecule has 0 heterocycles. The number of nitrogens with zero attached hydrogens (tertiary/aromatic N) is 1. The third-order valence-electron chi connectivity index (χ3n) is 3.57. The molecule has 0 atom stereocenters. The Morgan fingerprint density at radius 3 is 2.35 bits per heavy atom. The molecule has 1 amide bonds. The Labute approximate surface area is 162 Å². The Kier molecular flexibility index (Phi) is 6.65. The quantitative estimate of drug-likeness (QED) is 0.757. The molecule has 0 radical (unpaired) electrons. The minimum Gasteiger partial charge on any atom is -0.325 e. The highest BCUT2D eigenvalue weighted by atomic mass is 35.5. The number of carbonyl (C=O) groups is 1. The number of sulfonamides is 1. The maximum absolute atomic E-state index is 12.2. The van der Waals surface area contributed by atoms with E-state index in [0.717, 1.165) is 5.56 Å². The Balaban J connectivity index is 2.02. The molecule has 0 saturated carbocycles. The fourth-order valence-corrected chi connectivity index (χ4v) is 3.88. The molecule has 26 heavy (non-hydrogen) atoms. The van der Waals surface area contributed by atoms with Crippen LogP contribution in [0.15, 0.2) is 41.3 Å². The highest BCUT2D eigenvalue weighted by Crippen LogP contribution is 2.21. The zero-order valence-electron chi connectivity index (χ0n) is 14.3. The predicted molar refractivity (Wildman–Crippen MR) is 104 cm³/mol. The van der Waals surface area contributed by atoms with Crippen molar-refractivity contribution in [2.24, 2.45) is 5.14 Å². The van der Waals surface area contributed by atoms with Crippen LogP contribution < -0.4 is 10.5 Å². The number of nitrogens with one attached hydrogen (secondary N) is 1. The number of nitrogens with two attached hydrogens (primary N) is 1. The second-order valence-electron chi connectivity index (χ2n) is 6.02. The van der Waals surface area contributed by atoms with E-state index in [0.29, 0.717) is 27.8 Å². The molecule has 0 aliphatic rings. The lowest BCUT2D eigenvalue weighted by atomic mass is 10.2. The lowest BCUT2D eigenvalue weighted by Gasteiger charge is -2.17. The second-order valence-corrected chi connectivity index (χ2v) is 8.43. The van der Waals surface area contributed by atoms with Crippen molar-refractivity contribution in [2.75, 3.05) is 18.9 Å². The van der Waals surface area contributed by atoms with E-state index in [1.54, 1.807) is 49.2 Å². The van der Waals surface area contributed by atoms with Crippen LogP contribution in [0, 0.1) is 6.92 Å². The molecule has 2 aromatic carbocycles. The van der Waals surface area contributed by atoms with Crippen LogP contribution in [0.1, 0.15) is 11.1 Å². The molecule has 0 aromatic heterocycles. The van der Waals surface area contributed by atoms with Gasteiger partial charge in [-0.2, -0.15) is 0 Å². The smallest absolute Gasteiger partial charge is 0.238 e. The molecule has 0 bridgehead atoms. The minimum atomic E-state index is -3.85. The van der Waals surface area contributed by atoms with Gasteiger partial charge in [-0.15, -0.1) is 0 Å². The number of hydrogen-bond donors (Lipinski definition) is 2. The van der Waals surface area contributed by atoms with Crippen molar-refractivity contribution < 1.29 is 13.2 Å². The molecule has 0 spiro atoms. The fraction of sp³-hybridized carbons (Fsp3) is 0.235. The SMILES string of the molecule is Cc1ccc(NC(=O)CN(C)Cc2cc(Cl)cc(Cl)c2)cc1S(N)(=O)=O. The third kappa shape index (κ3) is 5.96. The summed E-state index contributed by atoms with van der Waals surface area (Å²) in [6.07, 6.45) is 0. The number of aryl methyl sites for hydroxylation is 1. The molecule has 0 unspecified atom stereocenters. The van der Waals surface area contributed by atoms with E-state index in [1.807, 2.05) is 0 Å². The predicted octanol–water partition coefficient (Wildman–Crippen LogP) is 3.02. The van der Waals surface area contributed by atoms with Crippen molar-refractivity contribution in [3.63, 3.8) is 0 Å². The van der Waals surface area contributed by atoms with Crippen LogP contribution in [0.5, 0.6) is 0 Å². The fourth-order valence-electron chi connectivity index (χ4n) is 2.50. The summed E-state index contributed by atoms with van der Waals surface area (Å²) < 4.78 is 23.1. The largest absolute Gasteiger partial charge is 0.325 e. The molecule has 2 rings (SSSR count). The average Bonchev–Trinajstić information content (AvgIpc) is 2.46. The monoisotopic (exact) mass is 415 g/mol. The van der Waals surface area contributed by atoms with Crippen molar-refractivity contribution in [2.45, 2.75) is 18.4 Å². The van der Waals surface area contributed by atoms with Crippen molar-refractivity contribution in [3.8, 4) is 0 Å². The highest BCUT2D eigenvalue weighted by molar-refractivity contribution is 7.89. The minimum absolute atomic E-state index is 0.0165. The summed E-state index contributed by atoms with van der Waals surface area (Å²) in [7, 11) is -2.07. The number of hydrogen-bond acceptors (Lipinski definition) is 4. The summed E-state index contributed by atoms with van der Waals surface area (Å²) in [6.45, 7) is 2.21. The van der Waals surface area contributed by atoms with E-state index >= 15 is 0 Å². The number of rotatable bonds is 6. The Bertz CT molecular complexity index is 913. The van der Waals surface area contributed by atoms with Crippen LogP contribution in [0.2, 0.25) is 10.0 Å². The lowest BCUT2D eigenvalue weighted by molar-refractivity contribution is -0.117. The summed E-state index contributed by atoms with van der Waals surface area (Å²) in [5, 5.41) is 8.90. The Morgan fingerprint density at radius 2 is 1.77 bits per heavy atom. The van der Waals surface area contributed by atoms with E-state index < -0.39 is 10.0 Å². The van der Waals surface area contributed by atoms with Gasteiger partial charge in [0.15, 0.2) is 0 Å². The molecule has 2 aromatic rings. The molecule has 0 aliphatic heterocycles. The number of halogens is 2. The molecule has 0 aliphatic carbocycles. The molecule has 6 nitrogen and oxygen atoms in total. The van der Waals surface area contributed by atoms with Crippen LogP contribution in [0.4, 0.5) is 5.69 Å². The normalized spacial score (nSPS) is 11.6. The summed E-state index contributed by atoms with van der Waals surface area (Å²) in [5.74, 6) is -0.287. The molecule has 0 fully saturated rings. The summed E-state index contributed by atoms with van der Waals surface area (Å²) >= 11 is 11.9. The third-order valence-corrected chi connectivity index (χ3v) is 5.06. The number of likely N-dealkylation sites (N-methyl/N-ethyl adjacent to an activating group) is 1. The highest BCUT2D eigenvalue weighted by Gasteiger charge is 2.14. The van der Waals surface area contributed by atoms with Crippen molar-refractivity contribution in [1.82, 2.24) is 4.90 Å². The standard InChI is InChI=1S/C17H19Cl2N3O3S/c1-11-3-4-15(8-16(11)26(20,24)25)21-17(23)10-22(2)9-12-5-13(18)7-14(19)6-12/h3-8H,9-10H2,1-2H3,(H,21,23)(H2,20,24,25). The van der Waals surface area contributed by atoms with Gasteiger partial charge in [-0.3, -0.25) is 9.69 Å². The van der Waals surface area contributed by atoms with Gasteiger partial charge >= 0.3 is 0 Å². The van der Waals surface area contributed by atoms with Crippen LogP contribution >= 0.6 is 23.2 Å². The van der Waals surface area contributed by atoms with E-state index in [-0.39, 0.29) is 17.3 Å². The van der Waals surface area contributed by atoms with Gasteiger partial charge in [-0.1, -0.05) is 29.3 Å². The van der Waals surface area contributed by atoms with Gasteiger partial charge in [0.25, 0.3) is 0 Å². The average molecular weight is 416 g/mol. The van der Waals surface area contributed by atoms with E-state index in [1.165, 1.54) is 6.07 Å². The van der Waals surface area contributed by atoms with E-state index in [2.05, 4.69) is 5.32 Å². The maximum Gasteiger partial charge on any atom is 0.238 e. The van der Waals surface area contributed by atoms with Crippen molar-refractivity contribution >= 4 is 44.8 Å². The van der Waals surface area contributed by atoms with Crippen LogP contribution in [0.25, 0.3) is 0 Å². The van der Waals surface area contributed by atoms with Crippen molar-refractivity contribution in [3.05, 3.63) is 57.6 Å². The van der Waals surface area contributed by atoms with E-state index in [9.17, 15) is 13.2 Å². The number of primary sulfonamides is 1. The first kappa shape index (κ1) is 20.7. The number of anilines is 1. The summed E-state index contributed by atoms with van der Waals surface area (Å²) in [6, 6.07) is 9.76. The van der Waals surface area contributed by atoms with Gasteiger partial charge in [0, 0.05) is 22.3 Å². The summed E-state index contributed by atoms with van der Waals surface area (Å²) in [5.41, 5.74) is 1.76. The topological polar surface area (TPSA) is 92.5 Å². The van der Waals surface area contributed by atoms with Gasteiger partial charge in [0.05, 0.1) is 11.4 Å². The Hall–Kier alpha value is -1.64. The molecule has 0 saturated heterocycles. The first-order chi connectivity index (χ1) is 12.0. The van der Waals surface area contributed by atoms with Gasteiger partial charge in [-0.25, -0.2) is 13.6 Å². The first-order valence-electron chi connectivity index (χ1n) is 7.61. The maximum atomic E-state index is 12.2. The molecule has 9 heteroatoms.